The summed E-state index contributed by atoms with van der Waals surface area (Å²) in [7, 11) is 0. The highest BCUT2D eigenvalue weighted by molar-refractivity contribution is 6.30. The van der Waals surface area contributed by atoms with Gasteiger partial charge < -0.3 is 10.6 Å². The zero-order valence-electron chi connectivity index (χ0n) is 12.6. The summed E-state index contributed by atoms with van der Waals surface area (Å²) in [6.07, 6.45) is 0.625. The number of nitrogens with one attached hydrogen (secondary N) is 2. The van der Waals surface area contributed by atoms with E-state index >= 15 is 0 Å². The van der Waals surface area contributed by atoms with E-state index in [1.807, 2.05) is 12.1 Å². The van der Waals surface area contributed by atoms with Crippen LogP contribution >= 0.6 is 11.6 Å². The van der Waals surface area contributed by atoms with Crippen LogP contribution in [0.3, 0.4) is 0 Å². The predicted molar refractivity (Wildman–Crippen MR) is 86.9 cm³/mol. The fourth-order valence-electron chi connectivity index (χ4n) is 1.96. The third-order valence-corrected chi connectivity index (χ3v) is 3.49. The second-order valence-corrected chi connectivity index (χ2v) is 5.47. The van der Waals surface area contributed by atoms with E-state index in [1.165, 1.54) is 0 Å². The zero-order valence-corrected chi connectivity index (χ0v) is 13.4. The zero-order chi connectivity index (χ0) is 17.5. The summed E-state index contributed by atoms with van der Waals surface area (Å²) in [6.45, 7) is 0.153. The summed E-state index contributed by atoms with van der Waals surface area (Å²) >= 11 is 5.78. The summed E-state index contributed by atoms with van der Waals surface area (Å²) in [5.74, 6) is -3.18. The Morgan fingerprint density at radius 2 is 1.67 bits per heavy atom. The van der Waals surface area contributed by atoms with E-state index in [1.54, 1.807) is 12.1 Å². The van der Waals surface area contributed by atoms with Gasteiger partial charge in [-0.05, 0) is 42.3 Å². The molecular weight excluding hydrogens is 338 g/mol. The maximum Gasteiger partial charge on any atom is 0.251 e. The van der Waals surface area contributed by atoms with Crippen molar-refractivity contribution in [1.82, 2.24) is 10.6 Å². The predicted octanol–water partition coefficient (Wildman–Crippen LogP) is 2.71. The van der Waals surface area contributed by atoms with E-state index in [4.69, 9.17) is 11.6 Å². The maximum atomic E-state index is 13.0. The highest BCUT2D eigenvalue weighted by Gasteiger charge is 2.10. The quantitative estimate of drug-likeness (QED) is 0.839. The molecule has 0 unspecified atom stereocenters. The minimum Gasteiger partial charge on any atom is -0.354 e. The third kappa shape index (κ3) is 5.31. The lowest BCUT2D eigenvalue weighted by Gasteiger charge is -2.07. The highest BCUT2D eigenvalue weighted by atomic mass is 35.5. The molecule has 0 aliphatic heterocycles. The number of rotatable bonds is 6. The summed E-state index contributed by atoms with van der Waals surface area (Å²) in [5, 5.41) is 5.64. The van der Waals surface area contributed by atoms with Gasteiger partial charge in [-0.3, -0.25) is 9.59 Å². The summed E-state index contributed by atoms with van der Waals surface area (Å²) in [5.41, 5.74) is 0.966. The smallest absolute Gasteiger partial charge is 0.251 e. The van der Waals surface area contributed by atoms with Crippen molar-refractivity contribution in [2.75, 3.05) is 13.1 Å². The van der Waals surface area contributed by atoms with Crippen LogP contribution in [0.2, 0.25) is 5.02 Å². The maximum absolute atomic E-state index is 13.0. The molecule has 0 saturated heterocycles. The molecule has 126 valence electrons. The number of hydrogen-bond donors (Lipinski definition) is 2. The van der Waals surface area contributed by atoms with Crippen molar-refractivity contribution in [3.63, 3.8) is 0 Å². The van der Waals surface area contributed by atoms with Crippen molar-refractivity contribution in [2.24, 2.45) is 0 Å². The van der Waals surface area contributed by atoms with Gasteiger partial charge >= 0.3 is 0 Å². The molecule has 2 aromatic rings. The van der Waals surface area contributed by atoms with E-state index in [0.717, 1.165) is 23.8 Å². The molecule has 2 aromatic carbocycles. The second-order valence-electron chi connectivity index (χ2n) is 5.04. The lowest BCUT2D eigenvalue weighted by molar-refractivity contribution is -0.120. The third-order valence-electron chi connectivity index (χ3n) is 3.24. The van der Waals surface area contributed by atoms with Crippen molar-refractivity contribution in [3.05, 3.63) is 70.2 Å². The van der Waals surface area contributed by atoms with Crippen LogP contribution in [0, 0.1) is 11.6 Å². The molecule has 24 heavy (non-hydrogen) atoms. The first-order chi connectivity index (χ1) is 11.5. The van der Waals surface area contributed by atoms with Crippen molar-refractivity contribution >= 4 is 23.4 Å². The Kier molecular flexibility index (Phi) is 6.26. The minimum atomic E-state index is -1.12. The van der Waals surface area contributed by atoms with Gasteiger partial charge in [0.25, 0.3) is 5.91 Å². The van der Waals surface area contributed by atoms with Crippen molar-refractivity contribution < 1.29 is 18.4 Å². The molecule has 7 heteroatoms. The van der Waals surface area contributed by atoms with Gasteiger partial charge in [0.1, 0.15) is 0 Å². The normalized spacial score (nSPS) is 10.3. The van der Waals surface area contributed by atoms with Crippen LogP contribution < -0.4 is 10.6 Å². The van der Waals surface area contributed by atoms with E-state index < -0.39 is 17.5 Å². The standard InChI is InChI=1S/C17H15ClF2N2O2/c18-13-4-1-11(2-5-13)7-8-21-16(23)10-22-17(24)12-3-6-14(19)15(20)9-12/h1-6,9H,7-8,10H2,(H,21,23)(H,22,24). The molecule has 0 heterocycles. The van der Waals surface area contributed by atoms with Gasteiger partial charge in [0.15, 0.2) is 11.6 Å². The van der Waals surface area contributed by atoms with E-state index in [2.05, 4.69) is 10.6 Å². The van der Waals surface area contributed by atoms with Crippen molar-refractivity contribution in [2.45, 2.75) is 6.42 Å². The number of halogens is 3. The molecule has 0 bridgehead atoms. The fraction of sp³-hybridized carbons (Fsp3) is 0.176. The Labute approximate surface area is 142 Å². The molecule has 0 fully saturated rings. The Morgan fingerprint density at radius 3 is 2.33 bits per heavy atom. The van der Waals surface area contributed by atoms with E-state index in [9.17, 15) is 18.4 Å². The second kappa shape index (κ2) is 8.40. The van der Waals surface area contributed by atoms with Crippen LogP contribution in [0.1, 0.15) is 15.9 Å². The molecule has 0 aromatic heterocycles. The Morgan fingerprint density at radius 1 is 0.958 bits per heavy atom. The van der Waals surface area contributed by atoms with Crippen LogP contribution in [0.5, 0.6) is 0 Å². The first-order valence-electron chi connectivity index (χ1n) is 7.20. The van der Waals surface area contributed by atoms with Gasteiger partial charge in [-0.1, -0.05) is 23.7 Å². The number of carbonyl (C=O) groups excluding carboxylic acids is 2. The minimum absolute atomic E-state index is 0.0529. The van der Waals surface area contributed by atoms with Gasteiger partial charge in [-0.2, -0.15) is 0 Å². The van der Waals surface area contributed by atoms with Gasteiger partial charge in [-0.25, -0.2) is 8.78 Å². The van der Waals surface area contributed by atoms with Crippen LogP contribution in [0.25, 0.3) is 0 Å². The van der Waals surface area contributed by atoms with Crippen molar-refractivity contribution in [1.29, 1.82) is 0 Å². The number of amides is 2. The van der Waals surface area contributed by atoms with Gasteiger partial charge in [0, 0.05) is 17.1 Å². The van der Waals surface area contributed by atoms with Gasteiger partial charge in [0.05, 0.1) is 6.54 Å². The molecule has 0 radical (unpaired) electrons. The number of hydrogen-bond acceptors (Lipinski definition) is 2. The van der Waals surface area contributed by atoms with Crippen LogP contribution in [-0.4, -0.2) is 24.9 Å². The summed E-state index contributed by atoms with van der Waals surface area (Å²) in [6, 6.07) is 10.0. The lowest BCUT2D eigenvalue weighted by atomic mass is 10.1. The summed E-state index contributed by atoms with van der Waals surface area (Å²) in [4.78, 5) is 23.4. The molecule has 0 aliphatic carbocycles. The largest absolute Gasteiger partial charge is 0.354 e. The first kappa shape index (κ1) is 17.9. The molecule has 0 atom stereocenters. The van der Waals surface area contributed by atoms with Gasteiger partial charge in [0.2, 0.25) is 5.91 Å². The Bertz CT molecular complexity index is 736. The number of benzene rings is 2. The monoisotopic (exact) mass is 352 g/mol. The molecule has 2 N–H and O–H groups in total. The topological polar surface area (TPSA) is 58.2 Å². The van der Waals surface area contributed by atoms with E-state index in [-0.39, 0.29) is 18.0 Å². The Hall–Kier alpha value is -2.47. The van der Waals surface area contributed by atoms with Crippen molar-refractivity contribution in [3.8, 4) is 0 Å². The summed E-state index contributed by atoms with van der Waals surface area (Å²) < 4.78 is 25.8. The molecule has 0 saturated carbocycles. The van der Waals surface area contributed by atoms with Gasteiger partial charge in [-0.15, -0.1) is 0 Å². The molecule has 0 aliphatic rings. The van der Waals surface area contributed by atoms with Crippen LogP contribution in [0.4, 0.5) is 8.78 Å². The molecule has 2 amide bonds. The first-order valence-corrected chi connectivity index (χ1v) is 7.58. The van der Waals surface area contributed by atoms with Crippen LogP contribution in [0.15, 0.2) is 42.5 Å². The molecular formula is C17H15ClF2N2O2. The average molecular weight is 353 g/mol. The highest BCUT2D eigenvalue weighted by Crippen LogP contribution is 2.10. The molecule has 0 spiro atoms. The fourth-order valence-corrected chi connectivity index (χ4v) is 2.09. The molecule has 2 rings (SSSR count). The average Bonchev–Trinajstić information content (AvgIpc) is 2.57. The van der Waals surface area contributed by atoms with Crippen LogP contribution in [-0.2, 0) is 11.2 Å². The van der Waals surface area contributed by atoms with E-state index in [0.29, 0.717) is 18.0 Å². The number of carbonyl (C=O) groups is 2. The molecule has 4 nitrogen and oxygen atoms in total. The SMILES string of the molecule is O=C(CNC(=O)c1ccc(F)c(F)c1)NCCc1ccc(Cl)cc1. The Balaban J connectivity index is 1.73. The lowest BCUT2D eigenvalue weighted by Crippen LogP contribution is -2.37.